The Bertz CT molecular complexity index is 718. The van der Waals surface area contributed by atoms with Crippen LogP contribution in [0.1, 0.15) is 127 Å². The van der Waals surface area contributed by atoms with Crippen LogP contribution in [0.15, 0.2) is 0 Å². The van der Waals surface area contributed by atoms with E-state index < -0.39 is 22.2 Å². The van der Waals surface area contributed by atoms with Crippen molar-refractivity contribution in [2.75, 3.05) is 19.7 Å². The summed E-state index contributed by atoms with van der Waals surface area (Å²) >= 11 is 0. The molecule has 8 heteroatoms. The zero-order chi connectivity index (χ0) is 30.5. The molecule has 0 aliphatic heterocycles. The maximum atomic E-state index is 12.8. The Hall–Kier alpha value is -0.866. The minimum Gasteiger partial charge on any atom is -0.519 e. The molecule has 0 fully saturated rings. The molecule has 0 aliphatic carbocycles. The molecule has 0 spiro atoms. The van der Waals surface area contributed by atoms with Gasteiger partial charge in [0.25, 0.3) is 14.3 Å². The van der Waals surface area contributed by atoms with E-state index in [4.69, 9.17) is 13.6 Å². The van der Waals surface area contributed by atoms with Crippen LogP contribution in [-0.2, 0) is 18.4 Å². The molecule has 0 N–H and O–H groups in total. The molecule has 0 saturated heterocycles. The Kier molecular flexibility index (Phi) is 16.2. The van der Waals surface area contributed by atoms with Crippen LogP contribution in [-0.4, -0.2) is 58.9 Å². The third-order valence-electron chi connectivity index (χ3n) is 8.23. The summed E-state index contributed by atoms with van der Waals surface area (Å²) in [6, 6.07) is 0. The van der Waals surface area contributed by atoms with E-state index in [0.717, 1.165) is 45.1 Å². The summed E-state index contributed by atoms with van der Waals surface area (Å²) in [7, 11) is -3.77. The largest absolute Gasteiger partial charge is 0.519 e. The van der Waals surface area contributed by atoms with E-state index in [1.54, 1.807) is 0 Å². The molecular weight excluding hydrogens is 523 g/mol. The number of hydrogen-bond donors (Lipinski definition) is 0. The van der Waals surface area contributed by atoms with Crippen molar-refractivity contribution in [3.05, 3.63) is 0 Å². The number of unbranched alkanes of at least 4 members (excludes halogenated alkanes) is 7. The van der Waals surface area contributed by atoms with Gasteiger partial charge in [-0.05, 0) is 76.3 Å². The molecule has 6 nitrogen and oxygen atoms in total. The number of amides is 1. The molecule has 0 atom stereocenters. The molecule has 0 aliphatic rings. The van der Waals surface area contributed by atoms with E-state index in [9.17, 15) is 9.59 Å². The van der Waals surface area contributed by atoms with Gasteiger partial charge in [-0.25, -0.2) is 4.79 Å². The lowest BCUT2D eigenvalue weighted by atomic mass is 10.1. The van der Waals surface area contributed by atoms with Crippen LogP contribution in [0.2, 0.25) is 36.3 Å². The van der Waals surface area contributed by atoms with Gasteiger partial charge in [0.2, 0.25) is 0 Å². The molecule has 0 aromatic carbocycles. The second-order valence-electron chi connectivity index (χ2n) is 15.2. The van der Waals surface area contributed by atoms with Gasteiger partial charge < -0.3 is 18.5 Å². The van der Waals surface area contributed by atoms with Crippen LogP contribution in [0.4, 0.5) is 4.79 Å². The van der Waals surface area contributed by atoms with Crippen LogP contribution >= 0.6 is 0 Å². The number of nitrogens with zero attached hydrogens (tertiary/aromatic N) is 1. The predicted octanol–water partition coefficient (Wildman–Crippen LogP) is 9.69. The third-order valence-corrected chi connectivity index (χ3v) is 17.1. The molecule has 0 heterocycles. The Morgan fingerprint density at radius 2 is 1.05 bits per heavy atom. The molecule has 0 unspecified atom stereocenters. The van der Waals surface area contributed by atoms with Crippen molar-refractivity contribution < 1.29 is 23.2 Å². The predicted molar refractivity (Wildman–Crippen MR) is 170 cm³/mol. The first kappa shape index (κ1) is 38.1. The normalized spacial score (nSPS) is 13.4. The van der Waals surface area contributed by atoms with Crippen LogP contribution < -0.4 is 0 Å². The Balaban J connectivity index is 4.26. The number of carbonyl (C=O) groups is 2. The Morgan fingerprint density at radius 1 is 0.615 bits per heavy atom. The highest BCUT2D eigenvalue weighted by molar-refractivity contribution is 6.75. The smallest absolute Gasteiger partial charge is 0.410 e. The molecular formula is C31H65NO5Si2. The van der Waals surface area contributed by atoms with E-state index in [1.165, 1.54) is 19.3 Å². The first-order valence-electron chi connectivity index (χ1n) is 15.4. The highest BCUT2D eigenvalue weighted by Crippen LogP contribution is 2.37. The monoisotopic (exact) mass is 587 g/mol. The van der Waals surface area contributed by atoms with Gasteiger partial charge in [-0.3, -0.25) is 4.79 Å². The maximum absolute atomic E-state index is 12.8. The zero-order valence-corrected chi connectivity index (χ0v) is 30.2. The molecule has 0 aromatic rings. The second kappa shape index (κ2) is 16.5. The molecule has 0 bridgehead atoms. The zero-order valence-electron chi connectivity index (χ0n) is 28.2. The van der Waals surface area contributed by atoms with Gasteiger partial charge in [0, 0.05) is 26.1 Å². The topological polar surface area (TPSA) is 65.1 Å². The van der Waals surface area contributed by atoms with Gasteiger partial charge in [0.15, 0.2) is 8.32 Å². The SMILES string of the molecule is CC(C)(C)OC(=O)N(CCCCCCCCCCC(=O)O[Si](C)(C)C(C)(C)C)CCCO[Si](C)(C)C(C)(C)C. The fourth-order valence-electron chi connectivity index (χ4n) is 3.54. The van der Waals surface area contributed by atoms with Crippen LogP contribution in [0.25, 0.3) is 0 Å². The Morgan fingerprint density at radius 3 is 1.51 bits per heavy atom. The molecule has 0 aromatic heterocycles. The molecule has 1 amide bonds. The van der Waals surface area contributed by atoms with E-state index >= 15 is 0 Å². The van der Waals surface area contributed by atoms with Crippen molar-refractivity contribution in [3.63, 3.8) is 0 Å². The van der Waals surface area contributed by atoms with Crippen LogP contribution in [0, 0.1) is 0 Å². The van der Waals surface area contributed by atoms with Crippen LogP contribution in [0.5, 0.6) is 0 Å². The van der Waals surface area contributed by atoms with Crippen molar-refractivity contribution in [2.45, 2.75) is 168 Å². The lowest BCUT2D eigenvalue weighted by molar-refractivity contribution is -0.135. The van der Waals surface area contributed by atoms with Gasteiger partial charge in [0.1, 0.15) is 5.60 Å². The van der Waals surface area contributed by atoms with Gasteiger partial charge >= 0.3 is 6.09 Å². The summed E-state index contributed by atoms with van der Waals surface area (Å²) in [4.78, 5) is 26.9. The minimum atomic E-state index is -2.00. The fraction of sp³-hybridized carbons (Fsp3) is 0.935. The summed E-state index contributed by atoms with van der Waals surface area (Å²) in [6.07, 6.45) is 9.95. The summed E-state index contributed by atoms with van der Waals surface area (Å²) in [5, 5.41) is 0.250. The van der Waals surface area contributed by atoms with E-state index in [1.807, 2.05) is 25.7 Å². The number of carbonyl (C=O) groups excluding carboxylic acids is 2. The van der Waals surface area contributed by atoms with Crippen molar-refractivity contribution in [2.24, 2.45) is 0 Å². The molecule has 0 radical (unpaired) electrons. The number of ether oxygens (including phenoxy) is 1. The minimum absolute atomic E-state index is 0.0253. The summed E-state index contributed by atoms with van der Waals surface area (Å²) < 4.78 is 17.8. The van der Waals surface area contributed by atoms with Crippen LogP contribution in [0.3, 0.4) is 0 Å². The second-order valence-corrected chi connectivity index (χ2v) is 24.8. The van der Waals surface area contributed by atoms with Gasteiger partial charge in [-0.2, -0.15) is 0 Å². The molecule has 232 valence electrons. The third kappa shape index (κ3) is 16.9. The lowest BCUT2D eigenvalue weighted by Gasteiger charge is -2.36. The van der Waals surface area contributed by atoms with Crippen molar-refractivity contribution >= 4 is 28.7 Å². The van der Waals surface area contributed by atoms with Crippen molar-refractivity contribution in [3.8, 4) is 0 Å². The van der Waals surface area contributed by atoms with E-state index in [0.29, 0.717) is 19.6 Å². The molecule has 0 rings (SSSR count). The highest BCUT2D eigenvalue weighted by atomic mass is 28.4. The van der Waals surface area contributed by atoms with Crippen molar-refractivity contribution in [1.29, 1.82) is 0 Å². The number of rotatable bonds is 17. The molecule has 0 saturated carbocycles. The average molecular weight is 588 g/mol. The van der Waals surface area contributed by atoms with Gasteiger partial charge in [0.05, 0.1) is 0 Å². The number of hydrogen-bond acceptors (Lipinski definition) is 5. The fourth-order valence-corrected chi connectivity index (χ4v) is 5.61. The molecule has 39 heavy (non-hydrogen) atoms. The maximum Gasteiger partial charge on any atom is 0.410 e. The average Bonchev–Trinajstić information content (AvgIpc) is 2.73. The van der Waals surface area contributed by atoms with Gasteiger partial charge in [-0.1, -0.05) is 80.1 Å². The lowest BCUT2D eigenvalue weighted by Crippen LogP contribution is -2.42. The van der Waals surface area contributed by atoms with E-state index in [2.05, 4.69) is 67.7 Å². The first-order valence-corrected chi connectivity index (χ1v) is 21.2. The standard InChI is InChI=1S/C31H65NO5Si2/c1-29(2,3)36-28(34)32(25-22-26-35-38(10,11)30(4,5)6)24-21-19-17-15-14-16-18-20-23-27(33)37-39(12,13)31(7,8)9/h14-26H2,1-13H3. The van der Waals surface area contributed by atoms with Crippen molar-refractivity contribution in [1.82, 2.24) is 4.90 Å². The highest BCUT2D eigenvalue weighted by Gasteiger charge is 2.40. The van der Waals surface area contributed by atoms with E-state index in [-0.39, 0.29) is 22.1 Å². The van der Waals surface area contributed by atoms with Gasteiger partial charge in [-0.15, -0.1) is 0 Å². The summed E-state index contributed by atoms with van der Waals surface area (Å²) in [6.45, 7) is 29.8. The first-order chi connectivity index (χ1) is 17.6. The Labute approximate surface area is 244 Å². The summed E-state index contributed by atoms with van der Waals surface area (Å²) in [5.41, 5.74) is -0.492. The quantitative estimate of drug-likeness (QED) is 0.125. The summed E-state index contributed by atoms with van der Waals surface area (Å²) in [5.74, 6) is -0.0253.